The summed E-state index contributed by atoms with van der Waals surface area (Å²) >= 11 is 0. The Morgan fingerprint density at radius 1 is 1.00 bits per heavy atom. The number of carbonyl (C=O) groups is 3. The van der Waals surface area contributed by atoms with Gasteiger partial charge in [-0.2, -0.15) is 10.2 Å². The molecule has 0 radical (unpaired) electrons. The summed E-state index contributed by atoms with van der Waals surface area (Å²) in [5.41, 5.74) is 5.44. The Kier molecular flexibility index (Phi) is 6.38. The van der Waals surface area contributed by atoms with Gasteiger partial charge < -0.3 is 14.7 Å². The van der Waals surface area contributed by atoms with Crippen molar-refractivity contribution in [2.45, 2.75) is 38.7 Å². The zero-order valence-corrected chi connectivity index (χ0v) is 24.7. The summed E-state index contributed by atoms with van der Waals surface area (Å²) in [6.45, 7) is 4.60. The molecule has 2 aliphatic heterocycles. The smallest absolute Gasteiger partial charge is 0.336 e. The number of likely N-dealkylation sites (tertiary alicyclic amines) is 1. The van der Waals surface area contributed by atoms with E-state index in [9.17, 15) is 19.5 Å². The van der Waals surface area contributed by atoms with Gasteiger partial charge in [-0.1, -0.05) is 12.1 Å². The summed E-state index contributed by atoms with van der Waals surface area (Å²) in [6.07, 6.45) is 5.09. The number of hydrogen-bond acceptors (Lipinski definition) is 6. The van der Waals surface area contributed by atoms with Gasteiger partial charge in [0.1, 0.15) is 11.4 Å². The summed E-state index contributed by atoms with van der Waals surface area (Å²) in [5, 5.41) is 19.3. The summed E-state index contributed by atoms with van der Waals surface area (Å²) in [5.74, 6) is -0.424. The van der Waals surface area contributed by atoms with Crippen LogP contribution in [-0.4, -0.2) is 65.9 Å². The number of ketones is 1. The number of Topliss-reactive ketones (excluding diaryl/α,β-unsaturated/α-hetero) is 1. The molecule has 4 heterocycles. The Hall–Kier alpha value is -5.25. The third kappa shape index (κ3) is 4.54. The summed E-state index contributed by atoms with van der Waals surface area (Å²) in [4.78, 5) is 40.4. The van der Waals surface area contributed by atoms with Crippen molar-refractivity contribution in [1.82, 2.24) is 24.5 Å². The van der Waals surface area contributed by atoms with E-state index in [2.05, 4.69) is 10.2 Å². The minimum atomic E-state index is -0.990. The van der Waals surface area contributed by atoms with Crippen molar-refractivity contribution in [3.05, 3.63) is 94.9 Å². The molecular weight excluding hydrogens is 558 g/mol. The minimum absolute atomic E-state index is 0.0545. The number of aromatic nitrogens is 4. The van der Waals surface area contributed by atoms with Crippen molar-refractivity contribution >= 4 is 28.6 Å². The maximum atomic E-state index is 13.6. The zero-order valence-electron chi connectivity index (χ0n) is 24.7. The molecule has 3 aromatic carbocycles. The highest BCUT2D eigenvalue weighted by molar-refractivity contribution is 6.02. The van der Waals surface area contributed by atoms with Crippen LogP contribution < -0.4 is 4.74 Å². The van der Waals surface area contributed by atoms with Crippen molar-refractivity contribution in [2.24, 2.45) is 7.05 Å². The van der Waals surface area contributed by atoms with Crippen molar-refractivity contribution in [3.63, 3.8) is 0 Å². The number of benzene rings is 3. The van der Waals surface area contributed by atoms with E-state index >= 15 is 0 Å². The van der Waals surface area contributed by atoms with Gasteiger partial charge >= 0.3 is 5.97 Å². The van der Waals surface area contributed by atoms with E-state index in [-0.39, 0.29) is 23.7 Å². The second kappa shape index (κ2) is 10.2. The van der Waals surface area contributed by atoms with Gasteiger partial charge in [0.2, 0.25) is 0 Å². The molecule has 5 aromatic rings. The molecule has 0 unspecified atom stereocenters. The standard InChI is InChI=1S/C34H31N5O5/c1-20-25(33(42)43)5-4-6-28(20)39-29-9-7-23(16-26(29)21(2)36-39)32(41)38-13-11-34(12-14-38)17-30(40)27-15-22(8-10-31(27)44-34)24-18-35-37(3)19-24/h4-10,15-16,18-19H,11-14,17H2,1-3H3,(H,42,43). The number of ether oxygens (including phenoxy) is 1. The number of fused-ring (bicyclic) bond motifs is 2. The highest BCUT2D eigenvalue weighted by Gasteiger charge is 2.44. The fourth-order valence-corrected chi connectivity index (χ4v) is 6.49. The molecule has 1 saturated heterocycles. The Morgan fingerprint density at radius 2 is 1.80 bits per heavy atom. The Labute approximate surface area is 253 Å². The lowest BCUT2D eigenvalue weighted by molar-refractivity contribution is -0.00570. The molecule has 1 fully saturated rings. The number of aromatic carboxylic acids is 1. The van der Waals surface area contributed by atoms with Crippen LogP contribution in [0.4, 0.5) is 0 Å². The SMILES string of the molecule is Cc1c(C(=O)O)cccc1-n1nc(C)c2cc(C(=O)N3CCC4(CC3)CC(=O)c3cc(-c5cnn(C)c5)ccc3O4)ccc21. The van der Waals surface area contributed by atoms with Crippen molar-refractivity contribution in [3.8, 4) is 22.6 Å². The Morgan fingerprint density at radius 3 is 2.52 bits per heavy atom. The van der Waals surface area contributed by atoms with E-state index < -0.39 is 11.6 Å². The van der Waals surface area contributed by atoms with Gasteiger partial charge in [0.05, 0.1) is 40.6 Å². The molecule has 2 aliphatic rings. The van der Waals surface area contributed by atoms with Gasteiger partial charge in [-0.05, 0) is 67.4 Å². The maximum absolute atomic E-state index is 13.6. The van der Waals surface area contributed by atoms with E-state index in [4.69, 9.17) is 4.74 Å². The number of carbonyl (C=O) groups excluding carboxylic acids is 2. The number of piperidine rings is 1. The summed E-state index contributed by atoms with van der Waals surface area (Å²) < 4.78 is 9.95. The number of nitrogens with zero attached hydrogens (tertiary/aromatic N) is 5. The molecule has 2 aromatic heterocycles. The van der Waals surface area contributed by atoms with E-state index in [1.165, 1.54) is 0 Å². The van der Waals surface area contributed by atoms with Gasteiger partial charge in [0.25, 0.3) is 5.91 Å². The quantitative estimate of drug-likeness (QED) is 0.299. The van der Waals surface area contributed by atoms with Crippen molar-refractivity contribution < 1.29 is 24.2 Å². The molecule has 1 spiro atoms. The third-order valence-corrected chi connectivity index (χ3v) is 8.96. The van der Waals surface area contributed by atoms with Crippen LogP contribution in [0, 0.1) is 13.8 Å². The molecule has 10 heteroatoms. The van der Waals surface area contributed by atoms with Crippen LogP contribution in [0.5, 0.6) is 5.75 Å². The van der Waals surface area contributed by atoms with E-state index in [1.54, 1.807) is 40.7 Å². The van der Waals surface area contributed by atoms with Gasteiger partial charge in [-0.15, -0.1) is 0 Å². The van der Waals surface area contributed by atoms with Crippen molar-refractivity contribution in [1.29, 1.82) is 0 Å². The van der Waals surface area contributed by atoms with Crippen LogP contribution in [-0.2, 0) is 7.05 Å². The fraction of sp³-hybridized carbons (Fsp3) is 0.265. The number of hydrogen-bond donors (Lipinski definition) is 1. The molecule has 222 valence electrons. The van der Waals surface area contributed by atoms with E-state index in [0.717, 1.165) is 27.7 Å². The van der Waals surface area contributed by atoms with Crippen molar-refractivity contribution in [2.75, 3.05) is 13.1 Å². The molecule has 1 amide bonds. The van der Waals surface area contributed by atoms with Gasteiger partial charge in [0, 0.05) is 55.7 Å². The second-order valence-corrected chi connectivity index (χ2v) is 11.8. The third-order valence-electron chi connectivity index (χ3n) is 8.96. The first-order valence-corrected chi connectivity index (χ1v) is 14.6. The highest BCUT2D eigenvalue weighted by Crippen LogP contribution is 2.41. The topological polar surface area (TPSA) is 120 Å². The number of rotatable bonds is 4. The molecule has 0 aliphatic carbocycles. The fourth-order valence-electron chi connectivity index (χ4n) is 6.49. The normalized spacial score (nSPS) is 15.8. The van der Waals surface area contributed by atoms with Gasteiger partial charge in [-0.25, -0.2) is 9.48 Å². The lowest BCUT2D eigenvalue weighted by Gasteiger charge is -2.44. The van der Waals surface area contributed by atoms with E-state index in [1.807, 2.05) is 61.5 Å². The predicted octanol–water partition coefficient (Wildman–Crippen LogP) is 5.38. The number of carboxylic acid groups (broad SMARTS) is 1. The van der Waals surface area contributed by atoms with Crippen LogP contribution in [0.15, 0.2) is 67.0 Å². The summed E-state index contributed by atoms with van der Waals surface area (Å²) in [6, 6.07) is 16.3. The van der Waals surface area contributed by atoms with Gasteiger partial charge in [0.15, 0.2) is 5.78 Å². The lowest BCUT2D eigenvalue weighted by Crippen LogP contribution is -2.52. The summed E-state index contributed by atoms with van der Waals surface area (Å²) in [7, 11) is 1.86. The monoisotopic (exact) mass is 589 g/mol. The largest absolute Gasteiger partial charge is 0.486 e. The number of carboxylic acids is 1. The van der Waals surface area contributed by atoms with Crippen LogP contribution in [0.2, 0.25) is 0 Å². The molecule has 0 bridgehead atoms. The first kappa shape index (κ1) is 27.6. The van der Waals surface area contributed by atoms with Gasteiger partial charge in [-0.3, -0.25) is 14.3 Å². The first-order valence-electron chi connectivity index (χ1n) is 14.6. The highest BCUT2D eigenvalue weighted by atomic mass is 16.5. The molecular formula is C34H31N5O5. The second-order valence-electron chi connectivity index (χ2n) is 11.8. The van der Waals surface area contributed by atoms with Crippen LogP contribution in [0.3, 0.4) is 0 Å². The van der Waals surface area contributed by atoms with Crippen LogP contribution >= 0.6 is 0 Å². The average Bonchev–Trinajstić information content (AvgIpc) is 3.59. The van der Waals surface area contributed by atoms with E-state index in [0.29, 0.717) is 54.1 Å². The first-order chi connectivity index (χ1) is 21.1. The van der Waals surface area contributed by atoms with Crippen LogP contribution in [0.25, 0.3) is 27.7 Å². The molecule has 0 saturated carbocycles. The minimum Gasteiger partial charge on any atom is -0.486 e. The zero-order chi connectivity index (χ0) is 30.7. The molecule has 44 heavy (non-hydrogen) atoms. The molecule has 10 nitrogen and oxygen atoms in total. The molecule has 0 atom stereocenters. The lowest BCUT2D eigenvalue weighted by atomic mass is 9.82. The Bertz CT molecular complexity index is 2000. The Balaban J connectivity index is 1.09. The molecule has 1 N–H and O–H groups in total. The van der Waals surface area contributed by atoms with Crippen LogP contribution in [0.1, 0.15) is 61.6 Å². The maximum Gasteiger partial charge on any atom is 0.336 e. The number of amides is 1. The number of aryl methyl sites for hydroxylation is 2. The average molecular weight is 590 g/mol. The predicted molar refractivity (Wildman–Crippen MR) is 164 cm³/mol. The molecule has 7 rings (SSSR count).